The molecule has 0 aliphatic heterocycles. The Morgan fingerprint density at radius 2 is 1.59 bits per heavy atom. The summed E-state index contributed by atoms with van der Waals surface area (Å²) in [4.78, 5) is 31.0. The van der Waals surface area contributed by atoms with E-state index in [2.05, 4.69) is 52.1 Å². The minimum atomic E-state index is 0.0344. The van der Waals surface area contributed by atoms with Crippen LogP contribution >= 0.6 is 0 Å². The second-order valence-corrected chi connectivity index (χ2v) is 10.5. The molecule has 2 aromatic rings. The molecule has 2 aliphatic carbocycles. The third-order valence-corrected chi connectivity index (χ3v) is 7.70. The topological polar surface area (TPSA) is 45.6 Å². The van der Waals surface area contributed by atoms with Crippen molar-refractivity contribution < 1.29 is 9.59 Å². The summed E-state index contributed by atoms with van der Waals surface area (Å²) >= 11 is 0. The lowest BCUT2D eigenvalue weighted by atomic mass is 9.94. The van der Waals surface area contributed by atoms with Gasteiger partial charge in [0.15, 0.2) is 0 Å². The molecule has 34 heavy (non-hydrogen) atoms. The molecule has 4 rings (SSSR count). The van der Waals surface area contributed by atoms with Crippen LogP contribution in [0.5, 0.6) is 0 Å². The number of nitrogens with zero attached hydrogens (tertiary/aromatic N) is 3. The summed E-state index contributed by atoms with van der Waals surface area (Å²) in [5.41, 5.74) is 2.41. The highest BCUT2D eigenvalue weighted by Gasteiger charge is 2.33. The molecular formula is C29H41N3O2. The van der Waals surface area contributed by atoms with Gasteiger partial charge < -0.3 is 14.4 Å². The van der Waals surface area contributed by atoms with Crippen LogP contribution in [-0.4, -0.2) is 44.8 Å². The summed E-state index contributed by atoms with van der Waals surface area (Å²) in [6, 6.07) is 15.0. The summed E-state index contributed by atoms with van der Waals surface area (Å²) in [6.45, 7) is 5.68. The zero-order chi connectivity index (χ0) is 23.9. The molecule has 0 N–H and O–H groups in total. The van der Waals surface area contributed by atoms with Crippen LogP contribution in [0.15, 0.2) is 48.7 Å². The number of aromatic nitrogens is 1. The number of carbonyl (C=O) groups excluding carboxylic acids is 2. The van der Waals surface area contributed by atoms with Crippen molar-refractivity contribution in [1.82, 2.24) is 14.4 Å². The molecule has 0 spiro atoms. The summed E-state index contributed by atoms with van der Waals surface area (Å²) in [5.74, 6) is 0.373. The molecule has 0 saturated heterocycles. The number of amides is 2. The van der Waals surface area contributed by atoms with Gasteiger partial charge >= 0.3 is 0 Å². The summed E-state index contributed by atoms with van der Waals surface area (Å²) in [6.07, 6.45) is 12.0. The van der Waals surface area contributed by atoms with Crippen LogP contribution in [0.2, 0.25) is 0 Å². The predicted octanol–water partition coefficient (Wildman–Crippen LogP) is 5.62. The Hall–Kier alpha value is -2.56. The lowest BCUT2D eigenvalue weighted by Crippen LogP contribution is -2.50. The zero-order valence-electron chi connectivity index (χ0n) is 21.0. The van der Waals surface area contributed by atoms with Gasteiger partial charge in [-0.2, -0.15) is 0 Å². The Kier molecular flexibility index (Phi) is 8.47. The highest BCUT2D eigenvalue weighted by molar-refractivity contribution is 5.86. The molecule has 5 heteroatoms. The first-order chi connectivity index (χ1) is 16.5. The first-order valence-electron chi connectivity index (χ1n) is 13.3. The smallest absolute Gasteiger partial charge is 0.242 e. The van der Waals surface area contributed by atoms with Crippen molar-refractivity contribution in [2.24, 2.45) is 5.92 Å². The zero-order valence-corrected chi connectivity index (χ0v) is 21.0. The van der Waals surface area contributed by atoms with E-state index in [1.54, 1.807) is 0 Å². The van der Waals surface area contributed by atoms with E-state index < -0.39 is 0 Å². The second-order valence-electron chi connectivity index (χ2n) is 10.5. The molecule has 5 nitrogen and oxygen atoms in total. The van der Waals surface area contributed by atoms with E-state index in [0.717, 1.165) is 50.8 Å². The van der Waals surface area contributed by atoms with Crippen molar-refractivity contribution in [2.75, 3.05) is 6.54 Å². The number of rotatable bonds is 9. The molecule has 2 aliphatic rings. The van der Waals surface area contributed by atoms with Crippen LogP contribution in [0, 0.1) is 5.92 Å². The molecule has 0 unspecified atom stereocenters. The van der Waals surface area contributed by atoms with Gasteiger partial charge in [0.05, 0.1) is 6.54 Å². The molecule has 1 aromatic heterocycles. The van der Waals surface area contributed by atoms with Gasteiger partial charge in [0, 0.05) is 36.4 Å². The molecule has 2 amide bonds. The van der Waals surface area contributed by atoms with Gasteiger partial charge in [0.2, 0.25) is 11.8 Å². The van der Waals surface area contributed by atoms with Crippen molar-refractivity contribution in [3.8, 4) is 0 Å². The van der Waals surface area contributed by atoms with Crippen LogP contribution < -0.4 is 0 Å². The Morgan fingerprint density at radius 3 is 2.26 bits per heavy atom. The fourth-order valence-corrected chi connectivity index (χ4v) is 5.67. The second kappa shape index (κ2) is 11.7. The van der Waals surface area contributed by atoms with Crippen molar-refractivity contribution in [1.29, 1.82) is 0 Å². The molecule has 0 bridgehead atoms. The van der Waals surface area contributed by atoms with Crippen molar-refractivity contribution >= 4 is 11.8 Å². The van der Waals surface area contributed by atoms with Gasteiger partial charge in [0.25, 0.3) is 0 Å². The summed E-state index contributed by atoms with van der Waals surface area (Å²) in [7, 11) is 0. The first kappa shape index (κ1) is 24.6. The first-order valence-corrected chi connectivity index (χ1v) is 13.3. The maximum Gasteiger partial charge on any atom is 0.242 e. The summed E-state index contributed by atoms with van der Waals surface area (Å²) in [5, 5.41) is 0. The maximum absolute atomic E-state index is 13.8. The van der Waals surface area contributed by atoms with Crippen molar-refractivity contribution in [3.63, 3.8) is 0 Å². The van der Waals surface area contributed by atoms with Gasteiger partial charge in [-0.05, 0) is 57.2 Å². The minimum absolute atomic E-state index is 0.0344. The molecule has 184 valence electrons. The molecule has 0 atom stereocenters. The normalized spacial score (nSPS) is 17.3. The highest BCUT2D eigenvalue weighted by Crippen LogP contribution is 2.28. The Balaban J connectivity index is 1.51. The lowest BCUT2D eigenvalue weighted by molar-refractivity contribution is -0.146. The number of hydrogen-bond donors (Lipinski definition) is 0. The van der Waals surface area contributed by atoms with E-state index in [-0.39, 0.29) is 36.4 Å². The Bertz CT molecular complexity index is 924. The average Bonchev–Trinajstić information content (AvgIpc) is 3.54. The van der Waals surface area contributed by atoms with Gasteiger partial charge in [-0.3, -0.25) is 9.59 Å². The number of benzene rings is 1. The predicted molar refractivity (Wildman–Crippen MR) is 136 cm³/mol. The molecule has 2 saturated carbocycles. The van der Waals surface area contributed by atoms with E-state index in [4.69, 9.17) is 0 Å². The third-order valence-electron chi connectivity index (χ3n) is 7.70. The van der Waals surface area contributed by atoms with E-state index in [0.29, 0.717) is 6.54 Å². The van der Waals surface area contributed by atoms with Gasteiger partial charge in [-0.25, -0.2) is 0 Å². The van der Waals surface area contributed by atoms with Gasteiger partial charge in [-0.1, -0.05) is 62.4 Å². The molecule has 2 fully saturated rings. The molecule has 0 radical (unpaired) electrons. The SMILES string of the molecule is CC(C)N(CC(=O)N(Cc1cccn1Cc1ccccc1)C1CCCCC1)C(=O)C1CCCC1. The fourth-order valence-electron chi connectivity index (χ4n) is 5.67. The Morgan fingerprint density at radius 1 is 0.912 bits per heavy atom. The van der Waals surface area contributed by atoms with Gasteiger partial charge in [-0.15, -0.1) is 0 Å². The van der Waals surface area contributed by atoms with E-state index in [1.807, 2.05) is 24.8 Å². The van der Waals surface area contributed by atoms with E-state index in [9.17, 15) is 9.59 Å². The van der Waals surface area contributed by atoms with Crippen LogP contribution in [0.3, 0.4) is 0 Å². The average molecular weight is 464 g/mol. The number of carbonyl (C=O) groups is 2. The van der Waals surface area contributed by atoms with Crippen LogP contribution in [0.1, 0.15) is 82.9 Å². The van der Waals surface area contributed by atoms with E-state index in [1.165, 1.54) is 24.8 Å². The van der Waals surface area contributed by atoms with Crippen molar-refractivity contribution in [3.05, 3.63) is 59.9 Å². The van der Waals surface area contributed by atoms with Crippen molar-refractivity contribution in [2.45, 2.75) is 96.8 Å². The molecule has 1 aromatic carbocycles. The number of hydrogen-bond acceptors (Lipinski definition) is 2. The van der Waals surface area contributed by atoms with Gasteiger partial charge in [0.1, 0.15) is 6.54 Å². The minimum Gasteiger partial charge on any atom is -0.345 e. The third kappa shape index (κ3) is 6.11. The quantitative estimate of drug-likeness (QED) is 0.484. The van der Waals surface area contributed by atoms with Crippen LogP contribution in [-0.2, 0) is 22.7 Å². The Labute approximate surface area is 205 Å². The molecular weight excluding hydrogens is 422 g/mol. The fraction of sp³-hybridized carbons (Fsp3) is 0.586. The highest BCUT2D eigenvalue weighted by atomic mass is 16.2. The standard InChI is InChI=1S/C29H41N3O2/c1-23(2)31(29(34)25-14-9-10-15-25)22-28(33)32(26-16-7-4-8-17-26)21-27-18-11-19-30(27)20-24-12-5-3-6-13-24/h3,5-6,11-13,18-19,23,25-26H,4,7-10,14-17,20-22H2,1-2H3. The monoisotopic (exact) mass is 463 g/mol. The summed E-state index contributed by atoms with van der Waals surface area (Å²) < 4.78 is 2.25. The van der Waals surface area contributed by atoms with E-state index >= 15 is 0 Å². The van der Waals surface area contributed by atoms with Crippen LogP contribution in [0.25, 0.3) is 0 Å². The van der Waals surface area contributed by atoms with Crippen LogP contribution in [0.4, 0.5) is 0 Å². The molecule has 1 heterocycles. The largest absolute Gasteiger partial charge is 0.345 e. The lowest BCUT2D eigenvalue weighted by Gasteiger charge is -2.37. The maximum atomic E-state index is 13.8.